The van der Waals surface area contributed by atoms with Gasteiger partial charge in [-0.05, 0) is 49.6 Å². The minimum Gasteiger partial charge on any atom is -0.303 e. The fraction of sp³-hybridized carbons (Fsp3) is 0.667. The number of rotatable bonds is 4. The molecule has 2 aliphatic rings. The Bertz CT molecular complexity index is 409. The summed E-state index contributed by atoms with van der Waals surface area (Å²) in [5.74, 6) is 1.80. The highest BCUT2D eigenvalue weighted by Gasteiger charge is 2.41. The van der Waals surface area contributed by atoms with Gasteiger partial charge in [0.1, 0.15) is 0 Å². The molecule has 1 nitrogen and oxygen atoms in total. The van der Waals surface area contributed by atoms with Crippen LogP contribution in [0.3, 0.4) is 0 Å². The Morgan fingerprint density at radius 1 is 1.21 bits per heavy atom. The summed E-state index contributed by atoms with van der Waals surface area (Å²) < 4.78 is 0. The van der Waals surface area contributed by atoms with Gasteiger partial charge in [-0.3, -0.25) is 0 Å². The first-order valence-corrected chi connectivity index (χ1v) is 8.02. The van der Waals surface area contributed by atoms with Crippen LogP contribution >= 0.6 is 0 Å². The van der Waals surface area contributed by atoms with Gasteiger partial charge in [-0.25, -0.2) is 0 Å². The van der Waals surface area contributed by atoms with Gasteiger partial charge in [0.15, 0.2) is 0 Å². The van der Waals surface area contributed by atoms with Gasteiger partial charge in [0.2, 0.25) is 0 Å². The van der Waals surface area contributed by atoms with Crippen LogP contribution in [0.25, 0.3) is 0 Å². The van der Waals surface area contributed by atoms with Crippen LogP contribution in [0.2, 0.25) is 0 Å². The molecule has 3 rings (SSSR count). The van der Waals surface area contributed by atoms with Crippen molar-refractivity contribution in [2.45, 2.75) is 44.9 Å². The molecule has 0 spiro atoms. The molecule has 0 bridgehead atoms. The van der Waals surface area contributed by atoms with Crippen LogP contribution in [0, 0.1) is 11.8 Å². The molecule has 19 heavy (non-hydrogen) atoms. The predicted octanol–water partition coefficient (Wildman–Crippen LogP) is 4.09. The van der Waals surface area contributed by atoms with Crippen molar-refractivity contribution in [3.63, 3.8) is 0 Å². The summed E-state index contributed by atoms with van der Waals surface area (Å²) in [6.45, 7) is 8.79. The van der Waals surface area contributed by atoms with E-state index in [-0.39, 0.29) is 0 Å². The number of likely N-dealkylation sites (tertiary alicyclic amines) is 1. The number of hydrogen-bond acceptors (Lipinski definition) is 1. The van der Waals surface area contributed by atoms with Gasteiger partial charge in [0, 0.05) is 18.5 Å². The maximum atomic E-state index is 2.72. The average molecular weight is 257 g/mol. The Morgan fingerprint density at radius 2 is 1.95 bits per heavy atom. The molecule has 0 amide bonds. The van der Waals surface area contributed by atoms with E-state index in [1.807, 2.05) is 0 Å². The zero-order chi connectivity index (χ0) is 13.3. The standard InChI is InChI=1S/C18H27N/c1-3-18(17-7-5-4-6-8-17)11-12-19(13-15(18)2)14-16-9-10-16/h4-8,15-16H,3,9-14H2,1-2H3/t15-,18-/m0/s1. The van der Waals surface area contributed by atoms with Gasteiger partial charge >= 0.3 is 0 Å². The summed E-state index contributed by atoms with van der Waals surface area (Å²) in [7, 11) is 0. The number of piperidine rings is 1. The molecule has 0 aromatic heterocycles. The third-order valence-electron chi connectivity index (χ3n) is 5.54. The highest BCUT2D eigenvalue weighted by molar-refractivity contribution is 5.27. The largest absolute Gasteiger partial charge is 0.303 e. The van der Waals surface area contributed by atoms with Crippen LogP contribution in [0.4, 0.5) is 0 Å². The van der Waals surface area contributed by atoms with E-state index in [0.717, 1.165) is 11.8 Å². The maximum absolute atomic E-state index is 2.72. The lowest BCUT2D eigenvalue weighted by Crippen LogP contribution is -2.49. The van der Waals surface area contributed by atoms with Crippen LogP contribution in [0.1, 0.15) is 45.1 Å². The van der Waals surface area contributed by atoms with Gasteiger partial charge in [0.05, 0.1) is 0 Å². The fourth-order valence-electron chi connectivity index (χ4n) is 4.02. The predicted molar refractivity (Wildman–Crippen MR) is 81.4 cm³/mol. The van der Waals surface area contributed by atoms with E-state index in [4.69, 9.17) is 0 Å². The fourth-order valence-corrected chi connectivity index (χ4v) is 4.02. The van der Waals surface area contributed by atoms with Gasteiger partial charge in [-0.2, -0.15) is 0 Å². The molecule has 1 aromatic rings. The summed E-state index contributed by atoms with van der Waals surface area (Å²) >= 11 is 0. The smallest absolute Gasteiger partial charge is 0.00157 e. The highest BCUT2D eigenvalue weighted by Crippen LogP contribution is 2.43. The Morgan fingerprint density at radius 3 is 2.53 bits per heavy atom. The minimum absolute atomic E-state index is 0.418. The lowest BCUT2D eigenvalue weighted by Gasteiger charge is -2.47. The second-order valence-corrected chi connectivity index (χ2v) is 6.73. The molecule has 0 unspecified atom stereocenters. The summed E-state index contributed by atoms with van der Waals surface area (Å²) in [5, 5.41) is 0. The third-order valence-corrected chi connectivity index (χ3v) is 5.54. The van der Waals surface area contributed by atoms with Crippen LogP contribution in [-0.2, 0) is 5.41 Å². The van der Waals surface area contributed by atoms with Crippen LogP contribution in [0.5, 0.6) is 0 Å². The SMILES string of the molecule is CC[C@]1(c2ccccc2)CCN(CC2CC2)C[C@@H]1C. The topological polar surface area (TPSA) is 3.24 Å². The van der Waals surface area contributed by atoms with Crippen molar-refractivity contribution in [2.75, 3.05) is 19.6 Å². The number of benzene rings is 1. The van der Waals surface area contributed by atoms with Crippen molar-refractivity contribution in [1.82, 2.24) is 4.90 Å². The quantitative estimate of drug-likeness (QED) is 0.785. The van der Waals surface area contributed by atoms with E-state index < -0.39 is 0 Å². The summed E-state index contributed by atoms with van der Waals surface area (Å²) in [4.78, 5) is 2.72. The minimum atomic E-state index is 0.418. The van der Waals surface area contributed by atoms with Crippen molar-refractivity contribution in [3.8, 4) is 0 Å². The zero-order valence-corrected chi connectivity index (χ0v) is 12.4. The van der Waals surface area contributed by atoms with Gasteiger partial charge in [-0.1, -0.05) is 44.2 Å². The van der Waals surface area contributed by atoms with Gasteiger partial charge in [-0.15, -0.1) is 0 Å². The van der Waals surface area contributed by atoms with Crippen molar-refractivity contribution < 1.29 is 0 Å². The lowest BCUT2D eigenvalue weighted by atomic mass is 9.65. The molecule has 2 atom stereocenters. The van der Waals surface area contributed by atoms with Crippen molar-refractivity contribution in [3.05, 3.63) is 35.9 Å². The number of nitrogens with zero attached hydrogens (tertiary/aromatic N) is 1. The van der Waals surface area contributed by atoms with Crippen LogP contribution in [-0.4, -0.2) is 24.5 Å². The molecule has 0 N–H and O–H groups in total. The molecule has 1 heterocycles. The Hall–Kier alpha value is -0.820. The third kappa shape index (κ3) is 2.58. The second-order valence-electron chi connectivity index (χ2n) is 6.73. The Kier molecular flexibility index (Phi) is 3.66. The van der Waals surface area contributed by atoms with E-state index >= 15 is 0 Å². The molecule has 2 fully saturated rings. The first-order chi connectivity index (χ1) is 9.24. The zero-order valence-electron chi connectivity index (χ0n) is 12.4. The van der Waals surface area contributed by atoms with E-state index in [0.29, 0.717) is 5.41 Å². The molecule has 1 aliphatic carbocycles. The normalized spacial score (nSPS) is 32.4. The summed E-state index contributed by atoms with van der Waals surface area (Å²) in [6.07, 6.45) is 5.56. The van der Waals surface area contributed by atoms with E-state index in [1.165, 1.54) is 45.3 Å². The molecule has 104 valence electrons. The lowest BCUT2D eigenvalue weighted by molar-refractivity contribution is 0.0933. The first-order valence-electron chi connectivity index (χ1n) is 8.02. The highest BCUT2D eigenvalue weighted by atomic mass is 15.1. The first kappa shape index (κ1) is 13.2. The molecule has 1 saturated carbocycles. The average Bonchev–Trinajstić information content (AvgIpc) is 3.25. The second kappa shape index (κ2) is 5.28. The summed E-state index contributed by atoms with van der Waals surface area (Å²) in [6, 6.07) is 11.2. The maximum Gasteiger partial charge on any atom is 0.00157 e. The molecule has 1 aromatic carbocycles. The van der Waals surface area contributed by atoms with E-state index in [1.54, 1.807) is 5.56 Å². The molecular weight excluding hydrogens is 230 g/mol. The molecule has 1 aliphatic heterocycles. The Balaban J connectivity index is 1.75. The van der Waals surface area contributed by atoms with Crippen LogP contribution in [0.15, 0.2) is 30.3 Å². The molecule has 1 saturated heterocycles. The summed E-state index contributed by atoms with van der Waals surface area (Å²) in [5.41, 5.74) is 1.98. The van der Waals surface area contributed by atoms with Crippen molar-refractivity contribution >= 4 is 0 Å². The number of hydrogen-bond donors (Lipinski definition) is 0. The van der Waals surface area contributed by atoms with E-state index in [2.05, 4.69) is 49.1 Å². The van der Waals surface area contributed by atoms with Crippen molar-refractivity contribution in [2.24, 2.45) is 11.8 Å². The van der Waals surface area contributed by atoms with Crippen LogP contribution < -0.4 is 0 Å². The van der Waals surface area contributed by atoms with Gasteiger partial charge < -0.3 is 4.90 Å². The van der Waals surface area contributed by atoms with Crippen molar-refractivity contribution in [1.29, 1.82) is 0 Å². The Labute approximate surface area is 118 Å². The molecule has 0 radical (unpaired) electrons. The molecule has 1 heteroatoms. The monoisotopic (exact) mass is 257 g/mol. The molecular formula is C18H27N. The van der Waals surface area contributed by atoms with E-state index in [9.17, 15) is 0 Å². The van der Waals surface area contributed by atoms with Gasteiger partial charge in [0.25, 0.3) is 0 Å².